The lowest BCUT2D eigenvalue weighted by molar-refractivity contribution is -0.118. The van der Waals surface area contributed by atoms with Crippen LogP contribution in [0.25, 0.3) is 0 Å². The molecule has 0 saturated heterocycles. The van der Waals surface area contributed by atoms with Crippen molar-refractivity contribution in [2.45, 2.75) is 12.8 Å². The molecule has 0 unspecified atom stereocenters. The number of hydrogen-bond acceptors (Lipinski definition) is 5. The van der Waals surface area contributed by atoms with Crippen molar-refractivity contribution in [3.05, 3.63) is 59.7 Å². The molecule has 28 heavy (non-hydrogen) atoms. The lowest BCUT2D eigenvalue weighted by atomic mass is 10.1. The highest BCUT2D eigenvalue weighted by atomic mass is 16.2. The quantitative estimate of drug-likeness (QED) is 0.711. The Morgan fingerprint density at radius 1 is 0.929 bits per heavy atom. The Kier molecular flexibility index (Phi) is 5.16. The van der Waals surface area contributed by atoms with Crippen LogP contribution in [0.1, 0.15) is 33.6 Å². The van der Waals surface area contributed by atoms with Crippen molar-refractivity contribution in [1.29, 1.82) is 0 Å². The molecule has 142 valence electrons. The zero-order chi connectivity index (χ0) is 20.3. The van der Waals surface area contributed by atoms with E-state index in [1.165, 1.54) is 23.2 Å². The third-order valence-electron chi connectivity index (χ3n) is 4.06. The van der Waals surface area contributed by atoms with Gasteiger partial charge in [-0.05, 0) is 30.3 Å². The van der Waals surface area contributed by atoms with Crippen molar-refractivity contribution in [2.24, 2.45) is 16.6 Å². The number of nitrogens with two attached hydrogens (primary N) is 2. The van der Waals surface area contributed by atoms with Crippen LogP contribution in [0.5, 0.6) is 0 Å². The number of para-hydroxylation sites is 1. The number of rotatable bonds is 5. The monoisotopic (exact) mass is 379 g/mol. The Labute approximate surface area is 160 Å². The number of nitrogens with zero attached hydrogens (tertiary/aromatic N) is 2. The van der Waals surface area contributed by atoms with Crippen LogP contribution in [0.3, 0.4) is 0 Å². The summed E-state index contributed by atoms with van der Waals surface area (Å²) >= 11 is 0. The molecular formula is C19H17N5O4. The zero-order valence-corrected chi connectivity index (χ0v) is 14.7. The molecule has 1 aliphatic rings. The molecule has 9 heteroatoms. The number of carbonyl (C=O) groups excluding carboxylic acids is 4. The van der Waals surface area contributed by atoms with E-state index < -0.39 is 17.7 Å². The number of hydrazone groups is 1. The van der Waals surface area contributed by atoms with Gasteiger partial charge in [0, 0.05) is 29.7 Å². The number of anilines is 2. The van der Waals surface area contributed by atoms with E-state index in [0.717, 1.165) is 0 Å². The number of nitrogens with one attached hydrogen (secondary N) is 1. The largest absolute Gasteiger partial charge is 0.366 e. The van der Waals surface area contributed by atoms with Gasteiger partial charge in [-0.25, -0.2) is 5.01 Å². The third-order valence-corrected chi connectivity index (χ3v) is 4.06. The predicted octanol–water partition coefficient (Wildman–Crippen LogP) is 1.01. The van der Waals surface area contributed by atoms with Crippen LogP contribution in [-0.4, -0.2) is 29.3 Å². The van der Waals surface area contributed by atoms with Crippen LogP contribution in [0.4, 0.5) is 11.4 Å². The van der Waals surface area contributed by atoms with Gasteiger partial charge in [0.2, 0.25) is 17.7 Å². The molecule has 5 N–H and O–H groups in total. The molecule has 0 atom stereocenters. The molecule has 0 fully saturated rings. The van der Waals surface area contributed by atoms with Crippen LogP contribution in [0.2, 0.25) is 0 Å². The summed E-state index contributed by atoms with van der Waals surface area (Å²) in [7, 11) is 0. The maximum absolute atomic E-state index is 12.6. The second-order valence-electron chi connectivity index (χ2n) is 6.07. The van der Waals surface area contributed by atoms with E-state index in [2.05, 4.69) is 10.4 Å². The number of benzene rings is 2. The average Bonchev–Trinajstić information content (AvgIpc) is 2.68. The van der Waals surface area contributed by atoms with E-state index in [9.17, 15) is 19.2 Å². The summed E-state index contributed by atoms with van der Waals surface area (Å²) in [5, 5.41) is 7.89. The van der Waals surface area contributed by atoms with Crippen molar-refractivity contribution in [1.82, 2.24) is 0 Å². The average molecular weight is 379 g/mol. The van der Waals surface area contributed by atoms with Crippen LogP contribution in [-0.2, 0) is 9.59 Å². The molecule has 1 heterocycles. The Morgan fingerprint density at radius 2 is 1.54 bits per heavy atom. The molecule has 0 aromatic heterocycles. The lowest BCUT2D eigenvalue weighted by Crippen LogP contribution is -2.36. The second kappa shape index (κ2) is 7.70. The standard InChI is InChI=1S/C19H17N5O4/c20-17(26)11-8-12(18(21)27)10-13(9-11)22-19(28)15-6-7-16(25)24(23-15)14-4-2-1-3-5-14/h1-5,8-10H,6-7H2,(H2,20,26)(H2,21,27)(H,22,28). The molecule has 2 aromatic carbocycles. The predicted molar refractivity (Wildman–Crippen MR) is 103 cm³/mol. The molecule has 0 bridgehead atoms. The summed E-state index contributed by atoms with van der Waals surface area (Å²) in [4.78, 5) is 47.6. The minimum Gasteiger partial charge on any atom is -0.366 e. The summed E-state index contributed by atoms with van der Waals surface area (Å²) in [6.45, 7) is 0. The molecule has 0 radical (unpaired) electrons. The normalized spacial score (nSPS) is 13.6. The fourth-order valence-electron chi connectivity index (χ4n) is 2.68. The van der Waals surface area contributed by atoms with Gasteiger partial charge in [0.1, 0.15) is 5.71 Å². The molecule has 2 aromatic rings. The van der Waals surface area contributed by atoms with Gasteiger partial charge in [0.15, 0.2) is 0 Å². The van der Waals surface area contributed by atoms with Crippen LogP contribution < -0.4 is 21.8 Å². The van der Waals surface area contributed by atoms with Gasteiger partial charge < -0.3 is 16.8 Å². The molecule has 9 nitrogen and oxygen atoms in total. The molecule has 3 rings (SSSR count). The van der Waals surface area contributed by atoms with Gasteiger partial charge in [-0.1, -0.05) is 18.2 Å². The van der Waals surface area contributed by atoms with E-state index in [1.807, 2.05) is 0 Å². The van der Waals surface area contributed by atoms with Gasteiger partial charge >= 0.3 is 0 Å². The SMILES string of the molecule is NC(=O)c1cc(NC(=O)C2=NN(c3ccccc3)C(=O)CC2)cc(C(N)=O)c1. The van der Waals surface area contributed by atoms with E-state index in [-0.39, 0.29) is 41.3 Å². The van der Waals surface area contributed by atoms with Gasteiger partial charge in [0.05, 0.1) is 5.69 Å². The van der Waals surface area contributed by atoms with Crippen LogP contribution in [0.15, 0.2) is 53.6 Å². The van der Waals surface area contributed by atoms with Crippen LogP contribution in [0, 0.1) is 0 Å². The molecule has 0 saturated carbocycles. The fraction of sp³-hybridized carbons (Fsp3) is 0.105. The third kappa shape index (κ3) is 4.04. The summed E-state index contributed by atoms with van der Waals surface area (Å²) in [6.07, 6.45) is 0.279. The molecule has 4 amide bonds. The van der Waals surface area contributed by atoms with Gasteiger partial charge in [-0.2, -0.15) is 5.10 Å². The summed E-state index contributed by atoms with van der Waals surface area (Å²) < 4.78 is 0. The van der Waals surface area contributed by atoms with Gasteiger partial charge in [-0.15, -0.1) is 0 Å². The summed E-state index contributed by atoms with van der Waals surface area (Å²) in [5.74, 6) is -2.33. The van der Waals surface area contributed by atoms with Gasteiger partial charge in [-0.3, -0.25) is 19.2 Å². The summed E-state index contributed by atoms with van der Waals surface area (Å²) in [5.41, 5.74) is 11.4. The Bertz CT molecular complexity index is 968. The van der Waals surface area contributed by atoms with Gasteiger partial charge in [0.25, 0.3) is 5.91 Å². The molecule has 0 spiro atoms. The first-order valence-electron chi connectivity index (χ1n) is 8.36. The smallest absolute Gasteiger partial charge is 0.271 e. The van der Waals surface area contributed by atoms with Crippen molar-refractivity contribution >= 4 is 40.7 Å². The minimum atomic E-state index is -0.769. The first kappa shape index (κ1) is 18.8. The number of amides is 4. The van der Waals surface area contributed by atoms with Crippen molar-refractivity contribution in [2.75, 3.05) is 10.3 Å². The maximum atomic E-state index is 12.6. The highest BCUT2D eigenvalue weighted by Gasteiger charge is 2.25. The number of carbonyl (C=O) groups is 4. The Hall–Kier alpha value is -4.01. The lowest BCUT2D eigenvalue weighted by Gasteiger charge is -2.23. The van der Waals surface area contributed by atoms with E-state index >= 15 is 0 Å². The second-order valence-corrected chi connectivity index (χ2v) is 6.07. The summed E-state index contributed by atoms with van der Waals surface area (Å²) in [6, 6.07) is 12.6. The van der Waals surface area contributed by atoms with E-state index in [0.29, 0.717) is 5.69 Å². The molecule has 1 aliphatic heterocycles. The first-order chi connectivity index (χ1) is 13.3. The topological polar surface area (TPSA) is 148 Å². The fourth-order valence-corrected chi connectivity index (χ4v) is 2.68. The maximum Gasteiger partial charge on any atom is 0.271 e. The number of primary amides is 2. The highest BCUT2D eigenvalue weighted by Crippen LogP contribution is 2.21. The van der Waals surface area contributed by atoms with Crippen molar-refractivity contribution in [3.63, 3.8) is 0 Å². The Balaban J connectivity index is 1.87. The Morgan fingerprint density at radius 3 is 2.11 bits per heavy atom. The van der Waals surface area contributed by atoms with Crippen LogP contribution >= 0.6 is 0 Å². The molecule has 0 aliphatic carbocycles. The van der Waals surface area contributed by atoms with Crippen molar-refractivity contribution in [3.8, 4) is 0 Å². The van der Waals surface area contributed by atoms with E-state index in [4.69, 9.17) is 11.5 Å². The zero-order valence-electron chi connectivity index (χ0n) is 14.7. The highest BCUT2D eigenvalue weighted by molar-refractivity contribution is 6.44. The minimum absolute atomic E-state index is 0.0262. The number of hydrogen-bond donors (Lipinski definition) is 3. The van der Waals surface area contributed by atoms with E-state index in [1.54, 1.807) is 30.3 Å². The van der Waals surface area contributed by atoms with Crippen molar-refractivity contribution < 1.29 is 19.2 Å². The first-order valence-corrected chi connectivity index (χ1v) is 8.36. The molecular weight excluding hydrogens is 362 g/mol.